The molecule has 32 heavy (non-hydrogen) atoms. The van der Waals surface area contributed by atoms with E-state index >= 15 is 0 Å². The van der Waals surface area contributed by atoms with Gasteiger partial charge in [-0.15, -0.1) is 0 Å². The molecule has 1 amide bonds. The lowest BCUT2D eigenvalue weighted by molar-refractivity contribution is -0.140. The third-order valence-electron chi connectivity index (χ3n) is 5.94. The molecule has 0 aromatic heterocycles. The van der Waals surface area contributed by atoms with Crippen molar-refractivity contribution in [3.63, 3.8) is 0 Å². The fourth-order valence-electron chi connectivity index (χ4n) is 4.10. The lowest BCUT2D eigenvalue weighted by atomic mass is 9.75. The molecule has 0 aliphatic carbocycles. The monoisotopic (exact) mass is 457 g/mol. The fourth-order valence-corrected chi connectivity index (χ4v) is 4.30. The van der Waals surface area contributed by atoms with E-state index < -0.39 is 17.3 Å². The highest BCUT2D eigenvalue weighted by Crippen LogP contribution is 2.39. The van der Waals surface area contributed by atoms with Crippen molar-refractivity contribution in [3.8, 4) is 11.8 Å². The summed E-state index contributed by atoms with van der Waals surface area (Å²) in [5.41, 5.74) is 1.01. The molecular weight excluding hydrogens is 433 g/mol. The number of piperidine rings is 1. The molecule has 1 saturated heterocycles. The number of nitrogens with zero attached hydrogens (tertiary/aromatic N) is 3. The summed E-state index contributed by atoms with van der Waals surface area (Å²) >= 11 is 6.11. The van der Waals surface area contributed by atoms with Gasteiger partial charge in [0.2, 0.25) is 0 Å². The number of allylic oxidation sites excluding steroid dienone is 4. The number of amides is 1. The highest BCUT2D eigenvalue weighted by molar-refractivity contribution is 6.33. The molecule has 6 nitrogen and oxygen atoms in total. The third-order valence-corrected chi connectivity index (χ3v) is 6.26. The number of anilines is 1. The van der Waals surface area contributed by atoms with Gasteiger partial charge >= 0.3 is 0 Å². The van der Waals surface area contributed by atoms with Crippen LogP contribution >= 0.6 is 11.6 Å². The minimum Gasteiger partial charge on any atom is -0.477 e. The molecule has 1 aromatic carbocycles. The van der Waals surface area contributed by atoms with Gasteiger partial charge in [-0.05, 0) is 37.5 Å². The molecule has 168 valence electrons. The van der Waals surface area contributed by atoms with Crippen LogP contribution < -0.4 is 9.64 Å². The van der Waals surface area contributed by atoms with Crippen molar-refractivity contribution >= 4 is 29.5 Å². The number of aldehydes is 1. The molecule has 2 aliphatic heterocycles. The molecule has 1 fully saturated rings. The van der Waals surface area contributed by atoms with Gasteiger partial charge in [-0.3, -0.25) is 9.59 Å². The summed E-state index contributed by atoms with van der Waals surface area (Å²) in [6.45, 7) is 8.25. The zero-order valence-electron chi connectivity index (χ0n) is 17.9. The molecule has 8 heteroatoms. The van der Waals surface area contributed by atoms with Gasteiger partial charge in [-0.1, -0.05) is 36.4 Å². The molecule has 0 spiro atoms. The maximum absolute atomic E-state index is 13.1. The molecule has 2 aliphatic rings. The van der Waals surface area contributed by atoms with Gasteiger partial charge in [0.05, 0.1) is 28.7 Å². The Morgan fingerprint density at radius 2 is 2.06 bits per heavy atom. The summed E-state index contributed by atoms with van der Waals surface area (Å²) < 4.78 is 18.8. The second kappa shape index (κ2) is 9.58. The van der Waals surface area contributed by atoms with Crippen LogP contribution in [0.3, 0.4) is 0 Å². The number of hydrogen-bond donors (Lipinski definition) is 0. The Hall–Kier alpha value is -3.11. The topological polar surface area (TPSA) is 73.6 Å². The van der Waals surface area contributed by atoms with Crippen LogP contribution in [0.4, 0.5) is 10.1 Å². The van der Waals surface area contributed by atoms with Crippen molar-refractivity contribution in [2.24, 2.45) is 5.41 Å². The first-order chi connectivity index (χ1) is 15.2. The standard InChI is InChI=1S/C24H25ClFN3O3/c1-16(4-5-17(2)26)12-24(15-27)6-8-29(9-7-24)23(31)22-13-28(3)20-11-19(25)18(14-30)10-21(20)32-22/h4-5,10-11,14,22H,1-2,6-9,12-13H2,3H3/b5-4-. The Kier molecular flexibility index (Phi) is 7.05. The number of rotatable bonds is 6. The predicted molar refractivity (Wildman–Crippen MR) is 122 cm³/mol. The summed E-state index contributed by atoms with van der Waals surface area (Å²) in [6.07, 6.45) is 4.06. The summed E-state index contributed by atoms with van der Waals surface area (Å²) in [6, 6.07) is 5.58. The van der Waals surface area contributed by atoms with Crippen LogP contribution in [-0.2, 0) is 4.79 Å². The van der Waals surface area contributed by atoms with E-state index in [0.717, 1.165) is 0 Å². The smallest absolute Gasteiger partial charge is 0.265 e. The number of ether oxygens (including phenoxy) is 1. The average molecular weight is 458 g/mol. The first-order valence-electron chi connectivity index (χ1n) is 10.2. The van der Waals surface area contributed by atoms with Crippen LogP contribution in [-0.4, -0.2) is 49.9 Å². The lowest BCUT2D eigenvalue weighted by Gasteiger charge is -2.40. The zero-order valence-corrected chi connectivity index (χ0v) is 18.7. The molecule has 0 N–H and O–H groups in total. The molecule has 1 aromatic rings. The van der Waals surface area contributed by atoms with E-state index in [-0.39, 0.29) is 5.91 Å². The maximum Gasteiger partial charge on any atom is 0.265 e. The van der Waals surface area contributed by atoms with Crippen LogP contribution in [0.25, 0.3) is 0 Å². The second-order valence-corrected chi connectivity index (χ2v) is 8.69. The highest BCUT2D eigenvalue weighted by atomic mass is 35.5. The quantitative estimate of drug-likeness (QED) is 0.465. The van der Waals surface area contributed by atoms with Gasteiger partial charge < -0.3 is 14.5 Å². The largest absolute Gasteiger partial charge is 0.477 e. The predicted octanol–water partition coefficient (Wildman–Crippen LogP) is 4.47. The number of carbonyl (C=O) groups is 2. The minimum absolute atomic E-state index is 0.163. The zero-order chi connectivity index (χ0) is 23.5. The van der Waals surface area contributed by atoms with Gasteiger partial charge in [0.1, 0.15) is 11.6 Å². The number of fused-ring (bicyclic) bond motifs is 1. The van der Waals surface area contributed by atoms with Gasteiger partial charge in [-0.2, -0.15) is 5.26 Å². The first kappa shape index (κ1) is 23.6. The highest BCUT2D eigenvalue weighted by Gasteiger charge is 2.39. The van der Waals surface area contributed by atoms with Crippen molar-refractivity contribution < 1.29 is 18.7 Å². The van der Waals surface area contributed by atoms with E-state index in [9.17, 15) is 19.2 Å². The normalized spacial score (nSPS) is 19.6. The van der Waals surface area contributed by atoms with E-state index in [0.29, 0.717) is 72.8 Å². The lowest BCUT2D eigenvalue weighted by Crippen LogP contribution is -2.52. The van der Waals surface area contributed by atoms with Crippen LogP contribution in [0.15, 0.2) is 48.8 Å². The van der Waals surface area contributed by atoms with E-state index in [4.69, 9.17) is 16.3 Å². The van der Waals surface area contributed by atoms with Crippen LogP contribution in [0.5, 0.6) is 5.75 Å². The van der Waals surface area contributed by atoms with Gasteiger partial charge in [-0.25, -0.2) is 4.39 Å². The van der Waals surface area contributed by atoms with E-state index in [2.05, 4.69) is 19.2 Å². The maximum atomic E-state index is 13.1. The van der Waals surface area contributed by atoms with E-state index in [1.165, 1.54) is 12.2 Å². The Labute approximate surface area is 192 Å². The summed E-state index contributed by atoms with van der Waals surface area (Å²) in [5, 5.41) is 10.1. The number of halogens is 2. The van der Waals surface area contributed by atoms with E-state index in [1.54, 1.807) is 17.0 Å². The SMILES string of the molecule is C=C(F)/C=C\C(=C)CC1(C#N)CCN(C(=O)C2CN(C)c3cc(Cl)c(C=O)cc3O2)CC1. The van der Waals surface area contributed by atoms with Crippen molar-refractivity contribution in [2.45, 2.75) is 25.4 Å². The molecule has 0 bridgehead atoms. The number of benzene rings is 1. The van der Waals surface area contributed by atoms with Crippen molar-refractivity contribution in [3.05, 3.63) is 59.4 Å². The number of nitriles is 1. The number of hydrogen-bond acceptors (Lipinski definition) is 5. The summed E-state index contributed by atoms with van der Waals surface area (Å²) in [5.74, 6) is -0.298. The second-order valence-electron chi connectivity index (χ2n) is 8.28. The average Bonchev–Trinajstić information content (AvgIpc) is 2.77. The molecule has 2 heterocycles. The van der Waals surface area contributed by atoms with E-state index in [1.807, 2.05) is 11.9 Å². The molecule has 1 unspecified atom stereocenters. The van der Waals surface area contributed by atoms with Crippen molar-refractivity contribution in [1.82, 2.24) is 4.90 Å². The molecule has 0 radical (unpaired) electrons. The Balaban J connectivity index is 1.66. The minimum atomic E-state index is -0.726. The number of carbonyl (C=O) groups excluding carboxylic acids is 2. The van der Waals surface area contributed by atoms with Crippen molar-refractivity contribution in [1.29, 1.82) is 5.26 Å². The van der Waals surface area contributed by atoms with Crippen LogP contribution in [0.1, 0.15) is 29.6 Å². The third kappa shape index (κ3) is 5.03. The van der Waals surface area contributed by atoms with Crippen LogP contribution in [0.2, 0.25) is 5.02 Å². The van der Waals surface area contributed by atoms with Gasteiger partial charge in [0.25, 0.3) is 5.91 Å². The number of likely N-dealkylation sites (N-methyl/N-ethyl adjacent to an activating group) is 1. The summed E-state index contributed by atoms with van der Waals surface area (Å²) in [7, 11) is 1.83. The Morgan fingerprint density at radius 1 is 1.38 bits per heavy atom. The Morgan fingerprint density at radius 3 is 2.66 bits per heavy atom. The molecular formula is C24H25ClFN3O3. The first-order valence-corrected chi connectivity index (χ1v) is 10.6. The number of likely N-dealkylation sites (tertiary alicyclic amines) is 1. The van der Waals surface area contributed by atoms with Gasteiger partial charge in [0.15, 0.2) is 12.4 Å². The fraction of sp³-hybridized carbons (Fsp3) is 0.375. The molecule has 0 saturated carbocycles. The Bertz CT molecular complexity index is 1020. The molecule has 1 atom stereocenters. The molecule has 3 rings (SSSR count). The summed E-state index contributed by atoms with van der Waals surface area (Å²) in [4.78, 5) is 27.9. The van der Waals surface area contributed by atoms with Crippen LogP contribution in [0, 0.1) is 16.7 Å². The van der Waals surface area contributed by atoms with Gasteiger partial charge in [0, 0.05) is 25.7 Å². The van der Waals surface area contributed by atoms with Crippen molar-refractivity contribution in [2.75, 3.05) is 31.6 Å².